The first kappa shape index (κ1) is 7.95. The number of allylic oxidation sites excluding steroid dienone is 2. The van der Waals surface area contributed by atoms with Gasteiger partial charge >= 0.3 is 0 Å². The van der Waals surface area contributed by atoms with Gasteiger partial charge < -0.3 is 5.73 Å². The van der Waals surface area contributed by atoms with Crippen LogP contribution in [0.5, 0.6) is 0 Å². The lowest BCUT2D eigenvalue weighted by Gasteiger charge is -1.89. The molecule has 50 valence electrons. The van der Waals surface area contributed by atoms with Crippen LogP contribution in [0.25, 0.3) is 0 Å². The molecule has 0 aromatic carbocycles. The Morgan fingerprint density at radius 1 is 1.56 bits per heavy atom. The molecule has 0 radical (unpaired) electrons. The average molecular weight is 124 g/mol. The molecule has 0 spiro atoms. The van der Waals surface area contributed by atoms with E-state index in [2.05, 4.69) is 11.7 Å². The summed E-state index contributed by atoms with van der Waals surface area (Å²) in [6.07, 6.45) is 3.36. The van der Waals surface area contributed by atoms with Crippen LogP contribution in [0.4, 0.5) is 0 Å². The molecule has 0 aromatic heterocycles. The van der Waals surface area contributed by atoms with Crippen LogP contribution >= 0.6 is 0 Å². The SMILES string of the molecule is C=N/C=C(/N)C=C(C)C. The number of nitrogens with zero attached hydrogens (tertiary/aromatic N) is 1. The molecule has 0 aliphatic carbocycles. The summed E-state index contributed by atoms with van der Waals surface area (Å²) >= 11 is 0. The monoisotopic (exact) mass is 124 g/mol. The first-order chi connectivity index (χ1) is 4.16. The van der Waals surface area contributed by atoms with E-state index in [1.165, 1.54) is 6.20 Å². The van der Waals surface area contributed by atoms with Crippen molar-refractivity contribution in [1.82, 2.24) is 0 Å². The third-order valence-corrected chi connectivity index (χ3v) is 0.696. The average Bonchev–Trinajstić information content (AvgIpc) is 1.63. The van der Waals surface area contributed by atoms with Gasteiger partial charge in [-0.3, -0.25) is 4.99 Å². The molecule has 0 unspecified atom stereocenters. The highest BCUT2D eigenvalue weighted by Crippen LogP contribution is 1.93. The highest BCUT2D eigenvalue weighted by molar-refractivity contribution is 5.28. The first-order valence-corrected chi connectivity index (χ1v) is 2.73. The molecular formula is C7H12N2. The van der Waals surface area contributed by atoms with E-state index < -0.39 is 0 Å². The molecule has 0 rings (SSSR count). The van der Waals surface area contributed by atoms with Gasteiger partial charge in [-0.15, -0.1) is 0 Å². The van der Waals surface area contributed by atoms with E-state index in [1.54, 1.807) is 0 Å². The molecule has 0 saturated heterocycles. The van der Waals surface area contributed by atoms with Crippen molar-refractivity contribution in [2.45, 2.75) is 13.8 Å². The van der Waals surface area contributed by atoms with Gasteiger partial charge in [0.2, 0.25) is 0 Å². The largest absolute Gasteiger partial charge is 0.397 e. The predicted octanol–water partition coefficient (Wildman–Crippen LogP) is 1.45. The summed E-state index contributed by atoms with van der Waals surface area (Å²) < 4.78 is 0. The highest BCUT2D eigenvalue weighted by atomic mass is 14.7. The summed E-state index contributed by atoms with van der Waals surface area (Å²) in [4.78, 5) is 3.51. The van der Waals surface area contributed by atoms with Gasteiger partial charge in [0.1, 0.15) is 0 Å². The van der Waals surface area contributed by atoms with Crippen molar-refractivity contribution < 1.29 is 0 Å². The van der Waals surface area contributed by atoms with E-state index in [9.17, 15) is 0 Å². The number of hydrogen-bond donors (Lipinski definition) is 1. The number of aliphatic imine (C=N–C) groups is 1. The smallest absolute Gasteiger partial charge is 0.0499 e. The van der Waals surface area contributed by atoms with Crippen LogP contribution in [-0.2, 0) is 0 Å². The Morgan fingerprint density at radius 3 is 2.44 bits per heavy atom. The summed E-state index contributed by atoms with van der Waals surface area (Å²) in [5, 5.41) is 0. The van der Waals surface area contributed by atoms with Crippen LogP contribution in [-0.4, -0.2) is 6.72 Å². The van der Waals surface area contributed by atoms with Crippen LogP contribution in [0.1, 0.15) is 13.8 Å². The van der Waals surface area contributed by atoms with Crippen LogP contribution in [0.2, 0.25) is 0 Å². The minimum atomic E-state index is 0.644. The molecule has 9 heavy (non-hydrogen) atoms. The van der Waals surface area contributed by atoms with Crippen molar-refractivity contribution in [3.8, 4) is 0 Å². The number of hydrogen-bond acceptors (Lipinski definition) is 2. The van der Waals surface area contributed by atoms with Gasteiger partial charge in [-0.05, 0) is 26.6 Å². The molecule has 0 aliphatic rings. The lowest BCUT2D eigenvalue weighted by Crippen LogP contribution is -1.91. The van der Waals surface area contributed by atoms with E-state index in [1.807, 2.05) is 19.9 Å². The topological polar surface area (TPSA) is 38.4 Å². The van der Waals surface area contributed by atoms with Crippen molar-refractivity contribution >= 4 is 6.72 Å². The lowest BCUT2D eigenvalue weighted by atomic mass is 10.3. The Balaban J connectivity index is 4.05. The van der Waals surface area contributed by atoms with Crippen molar-refractivity contribution in [2.75, 3.05) is 0 Å². The zero-order valence-electron chi connectivity index (χ0n) is 5.89. The second kappa shape index (κ2) is 3.89. The maximum atomic E-state index is 5.44. The number of nitrogens with two attached hydrogens (primary N) is 1. The van der Waals surface area contributed by atoms with Crippen molar-refractivity contribution in [2.24, 2.45) is 10.7 Å². The minimum Gasteiger partial charge on any atom is -0.397 e. The lowest BCUT2D eigenvalue weighted by molar-refractivity contribution is 1.30. The molecule has 0 aromatic rings. The van der Waals surface area contributed by atoms with Gasteiger partial charge in [-0.2, -0.15) is 0 Å². The van der Waals surface area contributed by atoms with Crippen LogP contribution in [0, 0.1) is 0 Å². The van der Waals surface area contributed by atoms with Crippen LogP contribution in [0.15, 0.2) is 28.5 Å². The Morgan fingerprint density at radius 2 is 2.11 bits per heavy atom. The predicted molar refractivity (Wildman–Crippen MR) is 41.3 cm³/mol. The maximum Gasteiger partial charge on any atom is 0.0499 e. The third kappa shape index (κ3) is 4.81. The first-order valence-electron chi connectivity index (χ1n) is 2.73. The van der Waals surface area contributed by atoms with Crippen molar-refractivity contribution in [1.29, 1.82) is 0 Å². The summed E-state index contributed by atoms with van der Waals surface area (Å²) in [7, 11) is 0. The third-order valence-electron chi connectivity index (χ3n) is 0.696. The standard InChI is InChI=1S/C7H12N2/c1-6(2)4-7(8)5-9-3/h4-5H,3,8H2,1-2H3/b7-5+. The maximum absolute atomic E-state index is 5.44. The van der Waals surface area contributed by atoms with Crippen molar-refractivity contribution in [3.05, 3.63) is 23.5 Å². The van der Waals surface area contributed by atoms with Gasteiger partial charge in [0.25, 0.3) is 0 Å². The molecule has 0 bridgehead atoms. The van der Waals surface area contributed by atoms with E-state index >= 15 is 0 Å². The normalized spacial score (nSPS) is 10.7. The molecule has 0 heterocycles. The molecule has 2 heteroatoms. The van der Waals surface area contributed by atoms with Gasteiger partial charge in [-0.25, -0.2) is 0 Å². The fourth-order valence-electron chi connectivity index (χ4n) is 0.476. The van der Waals surface area contributed by atoms with Crippen LogP contribution in [0.3, 0.4) is 0 Å². The Hall–Kier alpha value is -1.05. The second-order valence-electron chi connectivity index (χ2n) is 2.03. The quantitative estimate of drug-likeness (QED) is 0.439. The molecule has 0 atom stereocenters. The van der Waals surface area contributed by atoms with Gasteiger partial charge in [0, 0.05) is 11.9 Å². The molecular weight excluding hydrogens is 112 g/mol. The summed E-state index contributed by atoms with van der Waals surface area (Å²) in [6.45, 7) is 7.22. The zero-order chi connectivity index (χ0) is 7.28. The molecule has 0 fully saturated rings. The summed E-state index contributed by atoms with van der Waals surface area (Å²) in [5.74, 6) is 0. The molecule has 2 nitrogen and oxygen atoms in total. The second-order valence-corrected chi connectivity index (χ2v) is 2.03. The molecule has 0 amide bonds. The zero-order valence-corrected chi connectivity index (χ0v) is 5.89. The highest BCUT2D eigenvalue weighted by Gasteiger charge is 1.79. The van der Waals surface area contributed by atoms with E-state index in [4.69, 9.17) is 5.73 Å². The number of rotatable bonds is 2. The van der Waals surface area contributed by atoms with Gasteiger partial charge in [-0.1, -0.05) is 5.57 Å². The fraction of sp³-hybridized carbons (Fsp3) is 0.286. The Kier molecular flexibility index (Phi) is 3.44. The van der Waals surface area contributed by atoms with Gasteiger partial charge in [0.05, 0.1) is 0 Å². The Bertz CT molecular complexity index is 150. The molecule has 0 aliphatic heterocycles. The fourth-order valence-corrected chi connectivity index (χ4v) is 0.476. The van der Waals surface area contributed by atoms with E-state index in [0.29, 0.717) is 5.70 Å². The summed E-state index contributed by atoms with van der Waals surface area (Å²) in [5.41, 5.74) is 7.24. The van der Waals surface area contributed by atoms with Crippen molar-refractivity contribution in [3.63, 3.8) is 0 Å². The van der Waals surface area contributed by atoms with Gasteiger partial charge in [0.15, 0.2) is 0 Å². The summed E-state index contributed by atoms with van der Waals surface area (Å²) in [6, 6.07) is 0. The van der Waals surface area contributed by atoms with E-state index in [0.717, 1.165) is 5.57 Å². The molecule has 2 N–H and O–H groups in total. The Labute approximate surface area is 55.8 Å². The molecule has 0 saturated carbocycles. The van der Waals surface area contributed by atoms with Crippen LogP contribution < -0.4 is 5.73 Å². The van der Waals surface area contributed by atoms with E-state index in [-0.39, 0.29) is 0 Å². The minimum absolute atomic E-state index is 0.644.